The summed E-state index contributed by atoms with van der Waals surface area (Å²) in [4.78, 5) is 16.3. The highest BCUT2D eigenvalue weighted by molar-refractivity contribution is 5.93. The fourth-order valence-electron chi connectivity index (χ4n) is 2.52. The van der Waals surface area contributed by atoms with Crippen LogP contribution in [0.15, 0.2) is 36.5 Å². The highest BCUT2D eigenvalue weighted by Gasteiger charge is 2.11. The number of hydrogen-bond donors (Lipinski definition) is 2. The maximum atomic E-state index is 12.1. The van der Waals surface area contributed by atoms with Gasteiger partial charge in [-0.05, 0) is 49.9 Å². The van der Waals surface area contributed by atoms with E-state index in [2.05, 4.69) is 47.7 Å². The molecule has 2 rings (SSSR count). The molecule has 0 unspecified atom stereocenters. The number of nitrogens with one attached hydrogen (secondary N) is 2. The predicted octanol–water partition coefficient (Wildman–Crippen LogP) is 4.09. The summed E-state index contributed by atoms with van der Waals surface area (Å²) in [7, 11) is 0. The van der Waals surface area contributed by atoms with Crippen molar-refractivity contribution in [2.75, 3.05) is 5.32 Å². The van der Waals surface area contributed by atoms with E-state index in [-0.39, 0.29) is 11.9 Å². The second kappa shape index (κ2) is 7.77. The zero-order valence-corrected chi connectivity index (χ0v) is 14.3. The Morgan fingerprint density at radius 3 is 2.35 bits per heavy atom. The molecule has 1 heterocycles. The van der Waals surface area contributed by atoms with Crippen LogP contribution in [0, 0.1) is 0 Å². The van der Waals surface area contributed by atoms with Crippen molar-refractivity contribution in [3.63, 3.8) is 0 Å². The molecule has 2 N–H and O–H groups in total. The Labute approximate surface area is 138 Å². The number of para-hydroxylation sites is 1. The van der Waals surface area contributed by atoms with Gasteiger partial charge in [-0.15, -0.1) is 0 Å². The van der Waals surface area contributed by atoms with E-state index >= 15 is 0 Å². The Balaban J connectivity index is 2.29. The van der Waals surface area contributed by atoms with Crippen molar-refractivity contribution in [2.45, 2.75) is 46.6 Å². The summed E-state index contributed by atoms with van der Waals surface area (Å²) in [6.07, 6.45) is 3.58. The van der Waals surface area contributed by atoms with Crippen molar-refractivity contribution in [1.29, 1.82) is 0 Å². The summed E-state index contributed by atoms with van der Waals surface area (Å²) in [5.74, 6) is -0.150. The van der Waals surface area contributed by atoms with Crippen LogP contribution in [0.5, 0.6) is 0 Å². The van der Waals surface area contributed by atoms with Gasteiger partial charge in [-0.3, -0.25) is 9.78 Å². The van der Waals surface area contributed by atoms with Gasteiger partial charge >= 0.3 is 0 Å². The van der Waals surface area contributed by atoms with Gasteiger partial charge in [-0.2, -0.15) is 0 Å². The molecule has 0 atom stereocenters. The fourth-order valence-corrected chi connectivity index (χ4v) is 2.52. The maximum Gasteiger partial charge on any atom is 0.270 e. The summed E-state index contributed by atoms with van der Waals surface area (Å²) in [6, 6.07) is 10.1. The molecule has 0 saturated heterocycles. The number of anilines is 2. The van der Waals surface area contributed by atoms with Crippen LogP contribution in [0.1, 0.15) is 49.3 Å². The lowest BCUT2D eigenvalue weighted by Crippen LogP contribution is -2.30. The number of hydrogen-bond acceptors (Lipinski definition) is 3. The Bertz CT molecular complexity index is 658. The van der Waals surface area contributed by atoms with Crippen molar-refractivity contribution in [1.82, 2.24) is 10.3 Å². The molecule has 1 aromatic heterocycles. The van der Waals surface area contributed by atoms with Crippen molar-refractivity contribution in [3.05, 3.63) is 53.3 Å². The van der Waals surface area contributed by atoms with Crippen LogP contribution in [-0.4, -0.2) is 16.9 Å². The molecule has 0 bridgehead atoms. The molecule has 4 nitrogen and oxygen atoms in total. The van der Waals surface area contributed by atoms with Crippen LogP contribution >= 0.6 is 0 Å². The highest BCUT2D eigenvalue weighted by atomic mass is 16.1. The molecule has 2 aromatic rings. The Hall–Kier alpha value is -2.36. The molecular formula is C19H25N3O. The molecule has 23 heavy (non-hydrogen) atoms. The molecule has 122 valence electrons. The number of carbonyl (C=O) groups is 1. The van der Waals surface area contributed by atoms with Gasteiger partial charge in [0.1, 0.15) is 5.69 Å². The molecule has 1 amide bonds. The van der Waals surface area contributed by atoms with E-state index in [1.807, 2.05) is 19.9 Å². The van der Waals surface area contributed by atoms with Crippen LogP contribution in [0.25, 0.3) is 0 Å². The quantitative estimate of drug-likeness (QED) is 0.845. The average molecular weight is 311 g/mol. The number of benzene rings is 1. The smallest absolute Gasteiger partial charge is 0.270 e. The van der Waals surface area contributed by atoms with E-state index in [1.54, 1.807) is 12.3 Å². The number of amides is 1. The van der Waals surface area contributed by atoms with E-state index in [9.17, 15) is 4.79 Å². The van der Waals surface area contributed by atoms with E-state index in [1.165, 1.54) is 11.1 Å². The number of pyridine rings is 1. The zero-order chi connectivity index (χ0) is 16.8. The van der Waals surface area contributed by atoms with Crippen LogP contribution in [0.2, 0.25) is 0 Å². The number of nitrogens with zero attached hydrogens (tertiary/aromatic N) is 1. The lowest BCUT2D eigenvalue weighted by Gasteiger charge is -2.16. The van der Waals surface area contributed by atoms with E-state index < -0.39 is 0 Å². The Morgan fingerprint density at radius 2 is 1.78 bits per heavy atom. The third-order valence-electron chi connectivity index (χ3n) is 3.68. The van der Waals surface area contributed by atoms with Crippen LogP contribution < -0.4 is 10.6 Å². The summed E-state index contributed by atoms with van der Waals surface area (Å²) in [5.41, 5.74) is 4.99. The van der Waals surface area contributed by atoms with Crippen LogP contribution in [-0.2, 0) is 12.8 Å². The van der Waals surface area contributed by atoms with Crippen molar-refractivity contribution < 1.29 is 4.79 Å². The Morgan fingerprint density at radius 1 is 1.13 bits per heavy atom. The minimum Gasteiger partial charge on any atom is -0.355 e. The summed E-state index contributed by atoms with van der Waals surface area (Å²) >= 11 is 0. The zero-order valence-electron chi connectivity index (χ0n) is 14.3. The molecule has 0 aliphatic rings. The van der Waals surface area contributed by atoms with Gasteiger partial charge in [0.2, 0.25) is 0 Å². The molecule has 0 saturated carbocycles. The lowest BCUT2D eigenvalue weighted by atomic mass is 10.0. The van der Waals surface area contributed by atoms with Gasteiger partial charge in [-0.1, -0.05) is 32.0 Å². The largest absolute Gasteiger partial charge is 0.355 e. The molecular weight excluding hydrogens is 286 g/mol. The third-order valence-corrected chi connectivity index (χ3v) is 3.68. The predicted molar refractivity (Wildman–Crippen MR) is 95.3 cm³/mol. The molecule has 0 aliphatic heterocycles. The third kappa shape index (κ3) is 4.31. The van der Waals surface area contributed by atoms with E-state index in [0.29, 0.717) is 5.69 Å². The van der Waals surface area contributed by atoms with Gasteiger partial charge in [0.15, 0.2) is 0 Å². The monoisotopic (exact) mass is 311 g/mol. The molecule has 0 aliphatic carbocycles. The van der Waals surface area contributed by atoms with Crippen LogP contribution in [0.3, 0.4) is 0 Å². The topological polar surface area (TPSA) is 54.0 Å². The van der Waals surface area contributed by atoms with Crippen LogP contribution in [0.4, 0.5) is 11.4 Å². The second-order valence-electron chi connectivity index (χ2n) is 5.84. The minimum atomic E-state index is -0.150. The van der Waals surface area contributed by atoms with Gasteiger partial charge in [0, 0.05) is 23.6 Å². The van der Waals surface area contributed by atoms with E-state index in [4.69, 9.17) is 0 Å². The van der Waals surface area contributed by atoms with Crippen molar-refractivity contribution in [2.24, 2.45) is 0 Å². The summed E-state index contributed by atoms with van der Waals surface area (Å²) in [5, 5.41) is 6.34. The van der Waals surface area contributed by atoms with Gasteiger partial charge in [0.25, 0.3) is 5.91 Å². The molecule has 0 fully saturated rings. The average Bonchev–Trinajstić information content (AvgIpc) is 2.54. The number of rotatable bonds is 6. The summed E-state index contributed by atoms with van der Waals surface area (Å²) in [6.45, 7) is 8.16. The first-order valence-corrected chi connectivity index (χ1v) is 8.19. The first-order valence-electron chi connectivity index (χ1n) is 8.19. The van der Waals surface area contributed by atoms with E-state index in [0.717, 1.165) is 24.2 Å². The standard InChI is InChI=1S/C19H25N3O/c1-5-14-8-7-9-15(6-2)18(14)22-16-10-11-20-17(12-16)19(23)21-13(3)4/h7-13H,5-6H2,1-4H3,(H,20,22)(H,21,23). The van der Waals surface area contributed by atoms with Gasteiger partial charge in [0.05, 0.1) is 0 Å². The first-order chi connectivity index (χ1) is 11.0. The normalized spacial score (nSPS) is 10.7. The van der Waals surface area contributed by atoms with Crippen molar-refractivity contribution >= 4 is 17.3 Å². The molecule has 4 heteroatoms. The first kappa shape index (κ1) is 17.0. The number of carbonyl (C=O) groups excluding carboxylic acids is 1. The van der Waals surface area contributed by atoms with Gasteiger partial charge in [-0.25, -0.2) is 0 Å². The minimum absolute atomic E-state index is 0.0911. The second-order valence-corrected chi connectivity index (χ2v) is 5.84. The lowest BCUT2D eigenvalue weighted by molar-refractivity contribution is 0.0938. The maximum absolute atomic E-state index is 12.1. The summed E-state index contributed by atoms with van der Waals surface area (Å²) < 4.78 is 0. The molecule has 0 radical (unpaired) electrons. The number of aryl methyl sites for hydroxylation is 2. The van der Waals surface area contributed by atoms with Gasteiger partial charge < -0.3 is 10.6 Å². The fraction of sp³-hybridized carbons (Fsp3) is 0.368. The highest BCUT2D eigenvalue weighted by Crippen LogP contribution is 2.26. The number of aromatic nitrogens is 1. The Kier molecular flexibility index (Phi) is 5.74. The molecule has 1 aromatic carbocycles. The molecule has 0 spiro atoms. The van der Waals surface area contributed by atoms with Crippen molar-refractivity contribution in [3.8, 4) is 0 Å². The SMILES string of the molecule is CCc1cccc(CC)c1Nc1ccnc(C(=O)NC(C)C)c1.